The zero-order valence-corrected chi connectivity index (χ0v) is 18.8. The summed E-state index contributed by atoms with van der Waals surface area (Å²) < 4.78 is 11.1. The Kier molecular flexibility index (Phi) is 6.87. The second kappa shape index (κ2) is 10.2. The number of aryl methyl sites for hydroxylation is 1. The third kappa shape index (κ3) is 5.77. The fourth-order valence-corrected chi connectivity index (χ4v) is 3.36. The van der Waals surface area contributed by atoms with Crippen LogP contribution in [0.25, 0.3) is 11.3 Å². The van der Waals surface area contributed by atoms with Gasteiger partial charge in [-0.25, -0.2) is 9.97 Å². The quantitative estimate of drug-likeness (QED) is 0.336. The Balaban J connectivity index is 1.40. The van der Waals surface area contributed by atoms with Crippen molar-refractivity contribution >= 4 is 23.2 Å². The lowest BCUT2D eigenvalue weighted by Gasteiger charge is -2.10. The number of halogens is 1. The minimum absolute atomic E-state index is 0.549. The SMILES string of the molecule is COc1ccc(Nc2nc(C)cc(-c3ccc(OCCc4ccc(Cl)cc4)cc3)n2)cc1. The van der Waals surface area contributed by atoms with E-state index >= 15 is 0 Å². The largest absolute Gasteiger partial charge is 0.497 e. The van der Waals surface area contributed by atoms with Crippen LogP contribution in [0.5, 0.6) is 11.5 Å². The molecule has 0 atom stereocenters. The number of rotatable bonds is 8. The van der Waals surface area contributed by atoms with Crippen LogP contribution in [-0.4, -0.2) is 23.7 Å². The van der Waals surface area contributed by atoms with Crippen molar-refractivity contribution in [3.63, 3.8) is 0 Å². The molecule has 0 bridgehead atoms. The molecule has 1 aromatic heterocycles. The van der Waals surface area contributed by atoms with E-state index < -0.39 is 0 Å². The minimum Gasteiger partial charge on any atom is -0.497 e. The zero-order chi connectivity index (χ0) is 22.3. The number of benzene rings is 3. The Morgan fingerprint density at radius 3 is 2.22 bits per heavy atom. The summed E-state index contributed by atoms with van der Waals surface area (Å²) in [6.45, 7) is 2.56. The minimum atomic E-state index is 0.549. The predicted molar refractivity (Wildman–Crippen MR) is 129 cm³/mol. The predicted octanol–water partition coefficient (Wildman–Crippen LogP) is 6.48. The Labute approximate surface area is 193 Å². The second-order valence-corrected chi connectivity index (χ2v) is 7.76. The van der Waals surface area contributed by atoms with Crippen LogP contribution in [0.1, 0.15) is 11.3 Å². The first-order valence-electron chi connectivity index (χ1n) is 10.3. The first kappa shape index (κ1) is 21.7. The van der Waals surface area contributed by atoms with Crippen molar-refractivity contribution in [1.82, 2.24) is 9.97 Å². The van der Waals surface area contributed by atoms with Gasteiger partial charge in [0.2, 0.25) is 5.95 Å². The molecule has 1 heterocycles. The highest BCUT2D eigenvalue weighted by Crippen LogP contribution is 2.24. The summed E-state index contributed by atoms with van der Waals surface area (Å²) in [7, 11) is 1.65. The van der Waals surface area contributed by atoms with Crippen molar-refractivity contribution < 1.29 is 9.47 Å². The van der Waals surface area contributed by atoms with E-state index in [0.29, 0.717) is 12.6 Å². The molecule has 0 amide bonds. The van der Waals surface area contributed by atoms with E-state index in [1.807, 2.05) is 85.8 Å². The summed E-state index contributed by atoms with van der Waals surface area (Å²) in [5, 5.41) is 4.00. The fourth-order valence-electron chi connectivity index (χ4n) is 3.24. The molecule has 6 heteroatoms. The fraction of sp³-hybridized carbons (Fsp3) is 0.154. The van der Waals surface area contributed by atoms with Crippen molar-refractivity contribution in [2.45, 2.75) is 13.3 Å². The highest BCUT2D eigenvalue weighted by atomic mass is 35.5. The maximum absolute atomic E-state index is 5.93. The first-order chi connectivity index (χ1) is 15.6. The number of hydrogen-bond donors (Lipinski definition) is 1. The van der Waals surface area contributed by atoms with Gasteiger partial charge in [0.25, 0.3) is 0 Å². The van der Waals surface area contributed by atoms with Gasteiger partial charge < -0.3 is 14.8 Å². The van der Waals surface area contributed by atoms with Crippen LogP contribution in [0, 0.1) is 6.92 Å². The molecule has 0 saturated heterocycles. The zero-order valence-electron chi connectivity index (χ0n) is 18.0. The molecule has 5 nitrogen and oxygen atoms in total. The van der Waals surface area contributed by atoms with Crippen molar-refractivity contribution in [1.29, 1.82) is 0 Å². The third-order valence-electron chi connectivity index (χ3n) is 4.92. The van der Waals surface area contributed by atoms with Crippen LogP contribution in [0.4, 0.5) is 11.6 Å². The van der Waals surface area contributed by atoms with Gasteiger partial charge in [0.15, 0.2) is 0 Å². The first-order valence-corrected chi connectivity index (χ1v) is 10.7. The van der Waals surface area contributed by atoms with Crippen LogP contribution < -0.4 is 14.8 Å². The molecule has 1 N–H and O–H groups in total. The van der Waals surface area contributed by atoms with Crippen molar-refractivity contribution in [3.05, 3.63) is 95.1 Å². The molecule has 32 heavy (non-hydrogen) atoms. The third-order valence-corrected chi connectivity index (χ3v) is 5.18. The monoisotopic (exact) mass is 445 g/mol. The van der Waals surface area contributed by atoms with E-state index in [1.54, 1.807) is 7.11 Å². The lowest BCUT2D eigenvalue weighted by atomic mass is 10.1. The topological polar surface area (TPSA) is 56.3 Å². The van der Waals surface area contributed by atoms with Gasteiger partial charge in [0.05, 0.1) is 19.4 Å². The van der Waals surface area contributed by atoms with Gasteiger partial charge >= 0.3 is 0 Å². The van der Waals surface area contributed by atoms with Crippen LogP contribution in [0.2, 0.25) is 5.02 Å². The summed E-state index contributed by atoms with van der Waals surface area (Å²) in [4.78, 5) is 9.18. The molecule has 0 saturated carbocycles. The second-order valence-electron chi connectivity index (χ2n) is 7.32. The van der Waals surface area contributed by atoms with Crippen LogP contribution in [0.3, 0.4) is 0 Å². The molecule has 0 spiro atoms. The maximum Gasteiger partial charge on any atom is 0.227 e. The molecule has 162 valence electrons. The van der Waals surface area contributed by atoms with Crippen LogP contribution >= 0.6 is 11.6 Å². The number of aromatic nitrogens is 2. The molecular formula is C26H24ClN3O2. The smallest absolute Gasteiger partial charge is 0.227 e. The summed E-state index contributed by atoms with van der Waals surface area (Å²) in [5.41, 5.74) is 4.82. The van der Waals surface area contributed by atoms with E-state index in [1.165, 1.54) is 5.56 Å². The molecule has 3 aromatic carbocycles. The van der Waals surface area contributed by atoms with Gasteiger partial charge in [-0.1, -0.05) is 23.7 Å². The molecule has 0 aliphatic carbocycles. The van der Waals surface area contributed by atoms with E-state index in [2.05, 4.69) is 15.3 Å². The van der Waals surface area contributed by atoms with Gasteiger partial charge in [0.1, 0.15) is 11.5 Å². The van der Waals surface area contributed by atoms with Gasteiger partial charge in [-0.15, -0.1) is 0 Å². The van der Waals surface area contributed by atoms with Gasteiger partial charge in [-0.2, -0.15) is 0 Å². The highest BCUT2D eigenvalue weighted by Gasteiger charge is 2.06. The molecule has 4 aromatic rings. The molecule has 0 radical (unpaired) electrons. The van der Waals surface area contributed by atoms with Gasteiger partial charge in [-0.05, 0) is 79.2 Å². The summed E-state index contributed by atoms with van der Waals surface area (Å²) in [5.74, 6) is 2.18. The normalized spacial score (nSPS) is 10.6. The van der Waals surface area contributed by atoms with Gasteiger partial charge in [0, 0.05) is 28.4 Å². The molecular weight excluding hydrogens is 422 g/mol. The van der Waals surface area contributed by atoms with Gasteiger partial charge in [-0.3, -0.25) is 0 Å². The maximum atomic E-state index is 5.93. The molecule has 0 aliphatic rings. The highest BCUT2D eigenvalue weighted by molar-refractivity contribution is 6.30. The van der Waals surface area contributed by atoms with Crippen molar-refractivity contribution in [2.24, 2.45) is 0 Å². The average Bonchev–Trinajstić information content (AvgIpc) is 2.81. The molecule has 0 fully saturated rings. The molecule has 4 rings (SSSR count). The summed E-state index contributed by atoms with van der Waals surface area (Å²) in [6, 6.07) is 25.4. The number of methoxy groups -OCH3 is 1. The molecule has 0 unspecified atom stereocenters. The summed E-state index contributed by atoms with van der Waals surface area (Å²) in [6.07, 6.45) is 0.824. The Hall–Kier alpha value is -3.57. The lowest BCUT2D eigenvalue weighted by Crippen LogP contribution is -2.01. The van der Waals surface area contributed by atoms with E-state index in [9.17, 15) is 0 Å². The lowest BCUT2D eigenvalue weighted by molar-refractivity contribution is 0.322. The van der Waals surface area contributed by atoms with Crippen molar-refractivity contribution in [2.75, 3.05) is 19.0 Å². The van der Waals surface area contributed by atoms with E-state index in [4.69, 9.17) is 21.1 Å². The summed E-state index contributed by atoms with van der Waals surface area (Å²) >= 11 is 5.93. The molecule has 0 aliphatic heterocycles. The average molecular weight is 446 g/mol. The Bertz CT molecular complexity index is 1160. The van der Waals surface area contributed by atoms with Crippen LogP contribution in [-0.2, 0) is 6.42 Å². The number of hydrogen-bond acceptors (Lipinski definition) is 5. The number of ether oxygens (including phenoxy) is 2. The van der Waals surface area contributed by atoms with E-state index in [0.717, 1.165) is 45.6 Å². The van der Waals surface area contributed by atoms with Crippen molar-refractivity contribution in [3.8, 4) is 22.8 Å². The number of nitrogens with zero attached hydrogens (tertiary/aromatic N) is 2. The number of anilines is 2. The Morgan fingerprint density at radius 1 is 0.844 bits per heavy atom. The standard InChI is InChI=1S/C26H24ClN3O2/c1-18-17-25(30-26(28-18)29-22-9-13-23(31-2)14-10-22)20-5-11-24(12-6-20)32-16-15-19-3-7-21(27)8-4-19/h3-14,17H,15-16H2,1-2H3,(H,28,29,30). The van der Waals surface area contributed by atoms with Crippen LogP contribution in [0.15, 0.2) is 78.9 Å². The number of nitrogens with one attached hydrogen (secondary N) is 1. The Morgan fingerprint density at radius 2 is 1.53 bits per heavy atom. The van der Waals surface area contributed by atoms with E-state index in [-0.39, 0.29) is 0 Å².